The van der Waals surface area contributed by atoms with Gasteiger partial charge >= 0.3 is 0 Å². The van der Waals surface area contributed by atoms with E-state index >= 15 is 0 Å². The van der Waals surface area contributed by atoms with Crippen LogP contribution < -0.4 is 4.90 Å². The van der Waals surface area contributed by atoms with Crippen LogP contribution in [-0.2, 0) is 15.2 Å². The topological polar surface area (TPSA) is 57.6 Å². The molecule has 2 aromatic carbocycles. The fraction of sp³-hybridized carbons (Fsp3) is 0.158. The van der Waals surface area contributed by atoms with Crippen LogP contribution in [0.5, 0.6) is 0 Å². The fourth-order valence-electron chi connectivity index (χ4n) is 3.21. The number of para-hydroxylation sites is 1. The van der Waals surface area contributed by atoms with Gasteiger partial charge in [-0.1, -0.05) is 54.6 Å². The van der Waals surface area contributed by atoms with Gasteiger partial charge in [0.1, 0.15) is 0 Å². The maximum atomic E-state index is 12.9. The standard InChI is InChI=1S/C19H17NO3/c1-3-15(14-9-5-4-6-10-14)19(23)16-11-7-8-12-17(16)20(13(2)21)18(19)22/h3-12,15,23H,1H2,2H3. The van der Waals surface area contributed by atoms with Gasteiger partial charge in [0, 0.05) is 18.4 Å². The van der Waals surface area contributed by atoms with E-state index in [1.165, 1.54) is 6.92 Å². The van der Waals surface area contributed by atoms with Crippen molar-refractivity contribution in [3.05, 3.63) is 78.4 Å². The molecule has 1 aliphatic heterocycles. The molecule has 3 rings (SSSR count). The molecule has 2 atom stereocenters. The van der Waals surface area contributed by atoms with Crippen molar-refractivity contribution >= 4 is 17.5 Å². The highest BCUT2D eigenvalue weighted by Gasteiger charge is 2.55. The van der Waals surface area contributed by atoms with Gasteiger partial charge in [-0.3, -0.25) is 9.59 Å². The maximum Gasteiger partial charge on any atom is 0.271 e. The number of hydrogen-bond acceptors (Lipinski definition) is 3. The van der Waals surface area contributed by atoms with Gasteiger partial charge < -0.3 is 5.11 Å². The number of nitrogens with zero attached hydrogens (tertiary/aromatic N) is 1. The third-order valence-corrected chi connectivity index (χ3v) is 4.24. The molecule has 0 aromatic heterocycles. The Morgan fingerprint density at radius 2 is 1.78 bits per heavy atom. The lowest BCUT2D eigenvalue weighted by molar-refractivity contribution is -0.139. The number of carbonyl (C=O) groups is 2. The third kappa shape index (κ3) is 2.11. The summed E-state index contributed by atoms with van der Waals surface area (Å²) in [5.74, 6) is -1.71. The summed E-state index contributed by atoms with van der Waals surface area (Å²) in [7, 11) is 0. The van der Waals surface area contributed by atoms with Gasteiger partial charge in [-0.25, -0.2) is 4.90 Å². The highest BCUT2D eigenvalue weighted by atomic mass is 16.3. The Bertz CT molecular complexity index is 784. The van der Waals surface area contributed by atoms with Crippen molar-refractivity contribution in [3.63, 3.8) is 0 Å². The number of amides is 2. The summed E-state index contributed by atoms with van der Waals surface area (Å²) in [6.45, 7) is 5.10. The minimum atomic E-state index is -1.84. The first kappa shape index (κ1) is 15.2. The Balaban J connectivity index is 2.22. The summed E-state index contributed by atoms with van der Waals surface area (Å²) < 4.78 is 0. The first-order chi connectivity index (χ1) is 11.0. The smallest absolute Gasteiger partial charge is 0.271 e. The number of benzene rings is 2. The van der Waals surface area contributed by atoms with Gasteiger partial charge in [-0.15, -0.1) is 6.58 Å². The number of rotatable bonds is 3. The second-order valence-corrected chi connectivity index (χ2v) is 5.57. The molecule has 2 unspecified atom stereocenters. The van der Waals surface area contributed by atoms with Gasteiger partial charge in [0.2, 0.25) is 5.91 Å². The molecule has 0 spiro atoms. The van der Waals surface area contributed by atoms with E-state index in [4.69, 9.17) is 0 Å². The molecule has 0 radical (unpaired) electrons. The average molecular weight is 307 g/mol. The highest BCUT2D eigenvalue weighted by Crippen LogP contribution is 2.48. The van der Waals surface area contributed by atoms with E-state index in [0.29, 0.717) is 11.3 Å². The summed E-state index contributed by atoms with van der Waals surface area (Å²) in [6.07, 6.45) is 1.55. The summed E-state index contributed by atoms with van der Waals surface area (Å²) in [6, 6.07) is 16.0. The van der Waals surface area contributed by atoms with Gasteiger partial charge in [0.25, 0.3) is 5.91 Å². The van der Waals surface area contributed by atoms with Crippen LogP contribution in [0.25, 0.3) is 0 Å². The Labute approximate surface area is 134 Å². The van der Waals surface area contributed by atoms with E-state index in [1.54, 1.807) is 30.3 Å². The molecule has 2 aromatic rings. The molecular weight excluding hydrogens is 290 g/mol. The number of anilines is 1. The van der Waals surface area contributed by atoms with Crippen molar-refractivity contribution in [2.75, 3.05) is 4.90 Å². The minimum absolute atomic E-state index is 0.422. The van der Waals surface area contributed by atoms with Gasteiger partial charge in [-0.05, 0) is 11.6 Å². The zero-order valence-corrected chi connectivity index (χ0v) is 12.8. The Morgan fingerprint density at radius 1 is 1.17 bits per heavy atom. The number of aliphatic hydroxyl groups is 1. The highest BCUT2D eigenvalue weighted by molar-refractivity contribution is 6.22. The van der Waals surface area contributed by atoms with Crippen LogP contribution in [0.1, 0.15) is 24.0 Å². The van der Waals surface area contributed by atoms with Crippen molar-refractivity contribution in [3.8, 4) is 0 Å². The quantitative estimate of drug-likeness (QED) is 0.887. The molecule has 4 nitrogen and oxygen atoms in total. The monoisotopic (exact) mass is 307 g/mol. The van der Waals surface area contributed by atoms with Crippen molar-refractivity contribution in [1.29, 1.82) is 0 Å². The molecule has 1 heterocycles. The van der Waals surface area contributed by atoms with E-state index in [-0.39, 0.29) is 0 Å². The molecule has 0 saturated carbocycles. The summed E-state index contributed by atoms with van der Waals surface area (Å²) in [5, 5.41) is 11.3. The number of carbonyl (C=O) groups excluding carboxylic acids is 2. The lowest BCUT2D eigenvalue weighted by atomic mass is 9.78. The largest absolute Gasteiger partial charge is 0.374 e. The Kier molecular flexibility index (Phi) is 3.62. The maximum absolute atomic E-state index is 12.9. The van der Waals surface area contributed by atoms with E-state index in [2.05, 4.69) is 6.58 Å². The van der Waals surface area contributed by atoms with E-state index in [0.717, 1.165) is 10.5 Å². The summed E-state index contributed by atoms with van der Waals surface area (Å²) >= 11 is 0. The molecule has 2 amide bonds. The predicted molar refractivity (Wildman–Crippen MR) is 87.9 cm³/mol. The first-order valence-corrected chi connectivity index (χ1v) is 7.36. The molecule has 23 heavy (non-hydrogen) atoms. The van der Waals surface area contributed by atoms with Gasteiger partial charge in [0.15, 0.2) is 5.60 Å². The first-order valence-electron chi connectivity index (χ1n) is 7.36. The van der Waals surface area contributed by atoms with Crippen LogP contribution in [0.2, 0.25) is 0 Å². The van der Waals surface area contributed by atoms with Crippen LogP contribution in [0.4, 0.5) is 5.69 Å². The average Bonchev–Trinajstić information content (AvgIpc) is 2.78. The van der Waals surface area contributed by atoms with E-state index < -0.39 is 23.3 Å². The van der Waals surface area contributed by atoms with Crippen LogP contribution in [0.15, 0.2) is 67.3 Å². The number of fused-ring (bicyclic) bond motifs is 1. The van der Waals surface area contributed by atoms with Crippen molar-refractivity contribution in [1.82, 2.24) is 0 Å². The molecule has 0 bridgehead atoms. The second-order valence-electron chi connectivity index (χ2n) is 5.57. The fourth-order valence-corrected chi connectivity index (χ4v) is 3.21. The predicted octanol–water partition coefficient (Wildman–Crippen LogP) is 2.74. The Hall–Kier alpha value is -2.72. The number of hydrogen-bond donors (Lipinski definition) is 1. The van der Waals surface area contributed by atoms with E-state index in [1.807, 2.05) is 30.3 Å². The molecule has 1 aliphatic rings. The molecule has 1 N–H and O–H groups in total. The zero-order valence-electron chi connectivity index (χ0n) is 12.8. The normalized spacial score (nSPS) is 21.0. The van der Waals surface area contributed by atoms with Gasteiger partial charge in [0.05, 0.1) is 5.69 Å². The Morgan fingerprint density at radius 3 is 2.39 bits per heavy atom. The van der Waals surface area contributed by atoms with E-state index in [9.17, 15) is 14.7 Å². The molecule has 0 saturated heterocycles. The van der Waals surface area contributed by atoms with Crippen molar-refractivity contribution in [2.45, 2.75) is 18.4 Å². The van der Waals surface area contributed by atoms with Crippen LogP contribution in [0.3, 0.4) is 0 Å². The van der Waals surface area contributed by atoms with Crippen LogP contribution in [-0.4, -0.2) is 16.9 Å². The molecule has 116 valence electrons. The molecule has 4 heteroatoms. The van der Waals surface area contributed by atoms with Crippen molar-refractivity contribution in [2.24, 2.45) is 0 Å². The van der Waals surface area contributed by atoms with Crippen molar-refractivity contribution < 1.29 is 14.7 Å². The minimum Gasteiger partial charge on any atom is -0.374 e. The second kappa shape index (κ2) is 5.48. The molecule has 0 fully saturated rings. The number of imide groups is 1. The lowest BCUT2D eigenvalue weighted by Crippen LogP contribution is -2.45. The lowest BCUT2D eigenvalue weighted by Gasteiger charge is -2.30. The van der Waals surface area contributed by atoms with Gasteiger partial charge in [-0.2, -0.15) is 0 Å². The summed E-state index contributed by atoms with van der Waals surface area (Å²) in [4.78, 5) is 25.9. The summed E-state index contributed by atoms with van der Waals surface area (Å²) in [5.41, 5.74) is -0.228. The molecule has 0 aliphatic carbocycles. The SMILES string of the molecule is C=CC(c1ccccc1)C1(O)C(=O)N(C(C)=O)c2ccccc21. The zero-order chi connectivity index (χ0) is 16.6. The molecular formula is C19H17NO3. The van der Waals surface area contributed by atoms with Crippen LogP contribution >= 0.6 is 0 Å². The van der Waals surface area contributed by atoms with Crippen LogP contribution in [0, 0.1) is 0 Å². The third-order valence-electron chi connectivity index (χ3n) is 4.24.